The fourth-order valence-corrected chi connectivity index (χ4v) is 3.83. The number of carbonyl (C=O) groups excluding carboxylic acids is 1. The molecule has 0 aliphatic carbocycles. The fraction of sp³-hybridized carbons (Fsp3) is 0.357. The van der Waals surface area contributed by atoms with Gasteiger partial charge in [-0.05, 0) is 30.4 Å². The third-order valence-electron chi connectivity index (χ3n) is 3.45. The maximum absolute atomic E-state index is 12.5. The number of amides is 1. The molecule has 1 aromatic heterocycles. The van der Waals surface area contributed by atoms with Crippen molar-refractivity contribution in [3.8, 4) is 0 Å². The van der Waals surface area contributed by atoms with Crippen LogP contribution in [0.3, 0.4) is 0 Å². The number of likely N-dealkylation sites (tertiary alicyclic amines) is 1. The topological polar surface area (TPSA) is 20.3 Å². The number of thiophene rings is 1. The Balaban J connectivity index is 1.91. The minimum Gasteiger partial charge on any atom is -0.334 e. The lowest BCUT2D eigenvalue weighted by atomic mass is 10.2. The van der Waals surface area contributed by atoms with E-state index >= 15 is 0 Å². The van der Waals surface area contributed by atoms with Crippen molar-refractivity contribution in [3.05, 3.63) is 35.2 Å². The Bertz CT molecular complexity index is 547. The van der Waals surface area contributed by atoms with E-state index in [0.29, 0.717) is 5.88 Å². The minimum absolute atomic E-state index is 0.138. The molecule has 0 spiro atoms. The number of carbonyl (C=O) groups is 1. The first-order valence-corrected chi connectivity index (χ1v) is 7.50. The lowest BCUT2D eigenvalue weighted by Crippen LogP contribution is -2.36. The van der Waals surface area contributed by atoms with E-state index in [1.54, 1.807) is 11.3 Å². The highest BCUT2D eigenvalue weighted by Gasteiger charge is 2.29. The molecule has 1 aromatic carbocycles. The molecule has 1 unspecified atom stereocenters. The first kappa shape index (κ1) is 12.0. The van der Waals surface area contributed by atoms with Gasteiger partial charge in [-0.3, -0.25) is 4.79 Å². The maximum atomic E-state index is 12.5. The van der Waals surface area contributed by atoms with Crippen LogP contribution in [0.4, 0.5) is 0 Å². The maximum Gasteiger partial charge on any atom is 0.264 e. The van der Waals surface area contributed by atoms with Crippen molar-refractivity contribution in [1.82, 2.24) is 4.90 Å². The highest BCUT2D eigenvalue weighted by Crippen LogP contribution is 2.29. The van der Waals surface area contributed by atoms with Crippen LogP contribution in [-0.2, 0) is 0 Å². The van der Waals surface area contributed by atoms with Crippen molar-refractivity contribution >= 4 is 38.9 Å². The third kappa shape index (κ3) is 2.02. The number of halogens is 1. The van der Waals surface area contributed by atoms with Gasteiger partial charge in [0.25, 0.3) is 5.91 Å². The van der Waals surface area contributed by atoms with Gasteiger partial charge < -0.3 is 4.90 Å². The van der Waals surface area contributed by atoms with E-state index in [1.807, 2.05) is 29.2 Å². The highest BCUT2D eigenvalue weighted by atomic mass is 35.5. The molecule has 1 aliphatic rings. The molecule has 4 heteroatoms. The summed E-state index contributed by atoms with van der Waals surface area (Å²) in [5.74, 6) is 0.677. The Morgan fingerprint density at radius 3 is 3.06 bits per heavy atom. The van der Waals surface area contributed by atoms with E-state index in [4.69, 9.17) is 11.6 Å². The van der Waals surface area contributed by atoms with Crippen molar-refractivity contribution in [2.24, 2.45) is 0 Å². The van der Waals surface area contributed by atoms with E-state index < -0.39 is 0 Å². The lowest BCUT2D eigenvalue weighted by Gasteiger charge is -2.21. The Hall–Kier alpha value is -1.06. The second-order valence-corrected chi connectivity index (χ2v) is 5.99. The monoisotopic (exact) mass is 279 g/mol. The van der Waals surface area contributed by atoms with E-state index in [0.717, 1.165) is 29.6 Å². The number of nitrogens with zero attached hydrogens (tertiary/aromatic N) is 1. The molecule has 2 heterocycles. The molecule has 1 fully saturated rings. The summed E-state index contributed by atoms with van der Waals surface area (Å²) in [6, 6.07) is 10.3. The molecule has 0 radical (unpaired) electrons. The molecule has 2 aromatic rings. The quantitative estimate of drug-likeness (QED) is 0.767. The van der Waals surface area contributed by atoms with Crippen LogP contribution in [0.15, 0.2) is 30.3 Å². The summed E-state index contributed by atoms with van der Waals surface area (Å²) < 4.78 is 1.17. The van der Waals surface area contributed by atoms with Gasteiger partial charge in [-0.1, -0.05) is 18.2 Å². The van der Waals surface area contributed by atoms with Crippen LogP contribution in [0, 0.1) is 0 Å². The highest BCUT2D eigenvalue weighted by molar-refractivity contribution is 7.20. The smallest absolute Gasteiger partial charge is 0.264 e. The lowest BCUT2D eigenvalue weighted by molar-refractivity contribution is 0.0754. The molecule has 1 atom stereocenters. The number of rotatable bonds is 2. The van der Waals surface area contributed by atoms with Crippen LogP contribution >= 0.6 is 22.9 Å². The van der Waals surface area contributed by atoms with Gasteiger partial charge in [-0.2, -0.15) is 0 Å². The van der Waals surface area contributed by atoms with Crippen LogP contribution in [0.5, 0.6) is 0 Å². The number of hydrogen-bond donors (Lipinski definition) is 0. The molecule has 94 valence electrons. The van der Waals surface area contributed by atoms with Crippen LogP contribution in [0.25, 0.3) is 10.1 Å². The summed E-state index contributed by atoms with van der Waals surface area (Å²) in [6.07, 6.45) is 2.09. The zero-order valence-electron chi connectivity index (χ0n) is 9.93. The van der Waals surface area contributed by atoms with Crippen molar-refractivity contribution in [2.75, 3.05) is 12.4 Å². The second kappa shape index (κ2) is 4.90. The predicted octanol–water partition coefficient (Wildman–Crippen LogP) is 3.74. The van der Waals surface area contributed by atoms with E-state index in [1.165, 1.54) is 4.70 Å². The Labute approximate surface area is 115 Å². The van der Waals surface area contributed by atoms with Crippen LogP contribution in [0.2, 0.25) is 0 Å². The van der Waals surface area contributed by atoms with E-state index in [2.05, 4.69) is 6.07 Å². The molecular formula is C14H14ClNOS. The van der Waals surface area contributed by atoms with Gasteiger partial charge in [0.05, 0.1) is 4.88 Å². The average Bonchev–Trinajstić information content (AvgIpc) is 3.03. The molecule has 2 nitrogen and oxygen atoms in total. The second-order valence-electron chi connectivity index (χ2n) is 4.60. The third-order valence-corrected chi connectivity index (χ3v) is 4.91. The van der Waals surface area contributed by atoms with Crippen molar-refractivity contribution in [2.45, 2.75) is 18.9 Å². The van der Waals surface area contributed by atoms with Crippen LogP contribution < -0.4 is 0 Å². The van der Waals surface area contributed by atoms with Crippen molar-refractivity contribution in [3.63, 3.8) is 0 Å². The molecule has 3 rings (SSSR count). The van der Waals surface area contributed by atoms with E-state index in [-0.39, 0.29) is 11.9 Å². The van der Waals surface area contributed by atoms with Gasteiger partial charge in [-0.25, -0.2) is 0 Å². The number of alkyl halides is 1. The predicted molar refractivity (Wildman–Crippen MR) is 76.6 cm³/mol. The van der Waals surface area contributed by atoms with Gasteiger partial charge in [0.1, 0.15) is 0 Å². The van der Waals surface area contributed by atoms with Crippen LogP contribution in [-0.4, -0.2) is 29.3 Å². The number of hydrogen-bond acceptors (Lipinski definition) is 2. The SMILES string of the molecule is O=C(c1cc2ccccc2s1)N1CCCC1CCl. The fourth-order valence-electron chi connectivity index (χ4n) is 2.49. The first-order valence-electron chi connectivity index (χ1n) is 6.15. The summed E-state index contributed by atoms with van der Waals surface area (Å²) in [4.78, 5) is 15.2. The molecule has 1 saturated heterocycles. The number of fused-ring (bicyclic) bond motifs is 1. The molecular weight excluding hydrogens is 266 g/mol. The van der Waals surface area contributed by atoms with Gasteiger partial charge in [0, 0.05) is 23.2 Å². The molecule has 1 amide bonds. The number of benzene rings is 1. The Kier molecular flexibility index (Phi) is 3.27. The first-order chi connectivity index (χ1) is 8.79. The van der Waals surface area contributed by atoms with E-state index in [9.17, 15) is 4.79 Å². The molecule has 0 saturated carbocycles. The minimum atomic E-state index is 0.138. The normalized spacial score (nSPS) is 19.6. The summed E-state index contributed by atoms with van der Waals surface area (Å²) in [6.45, 7) is 0.838. The van der Waals surface area contributed by atoms with Gasteiger partial charge in [-0.15, -0.1) is 22.9 Å². The molecule has 1 aliphatic heterocycles. The standard InChI is InChI=1S/C14H14ClNOS/c15-9-11-5-3-7-16(11)14(17)13-8-10-4-1-2-6-12(10)18-13/h1-2,4,6,8,11H,3,5,7,9H2. The van der Waals surface area contributed by atoms with Crippen LogP contribution in [0.1, 0.15) is 22.5 Å². The van der Waals surface area contributed by atoms with Crippen molar-refractivity contribution < 1.29 is 4.79 Å². The molecule has 18 heavy (non-hydrogen) atoms. The Morgan fingerprint density at radius 2 is 2.28 bits per heavy atom. The summed E-state index contributed by atoms with van der Waals surface area (Å²) in [5, 5.41) is 1.15. The van der Waals surface area contributed by atoms with Crippen molar-refractivity contribution in [1.29, 1.82) is 0 Å². The largest absolute Gasteiger partial charge is 0.334 e. The average molecular weight is 280 g/mol. The van der Waals surface area contributed by atoms with Gasteiger partial charge in [0.2, 0.25) is 0 Å². The molecule has 0 N–H and O–H groups in total. The molecule has 0 bridgehead atoms. The zero-order chi connectivity index (χ0) is 12.5. The zero-order valence-corrected chi connectivity index (χ0v) is 11.5. The van der Waals surface area contributed by atoms with Gasteiger partial charge >= 0.3 is 0 Å². The summed E-state index contributed by atoms with van der Waals surface area (Å²) >= 11 is 7.49. The summed E-state index contributed by atoms with van der Waals surface area (Å²) in [7, 11) is 0. The summed E-state index contributed by atoms with van der Waals surface area (Å²) in [5.41, 5.74) is 0. The van der Waals surface area contributed by atoms with Gasteiger partial charge in [0.15, 0.2) is 0 Å². The Morgan fingerprint density at radius 1 is 1.44 bits per heavy atom.